The summed E-state index contributed by atoms with van der Waals surface area (Å²) in [5.74, 6) is 1.10. The Morgan fingerprint density at radius 3 is 2.54 bits per heavy atom. The third-order valence-electron chi connectivity index (χ3n) is 4.04. The molecule has 0 spiro atoms. The van der Waals surface area contributed by atoms with Crippen molar-refractivity contribution in [2.24, 2.45) is 0 Å². The van der Waals surface area contributed by atoms with E-state index in [2.05, 4.69) is 33.9 Å². The molecule has 3 aromatic rings. The Labute approximate surface area is 142 Å². The zero-order valence-corrected chi connectivity index (χ0v) is 14.2. The number of hydrogen-bond donors (Lipinski definition) is 1. The Balaban J connectivity index is 1.99. The van der Waals surface area contributed by atoms with E-state index in [-0.39, 0.29) is 0 Å². The summed E-state index contributed by atoms with van der Waals surface area (Å²) in [6, 6.07) is 14.3. The second kappa shape index (κ2) is 7.25. The van der Waals surface area contributed by atoms with Gasteiger partial charge in [-0.15, -0.1) is 0 Å². The fraction of sp³-hybridized carbons (Fsp3) is 0.316. The molecule has 0 amide bonds. The maximum Gasteiger partial charge on any atom is 0.222 e. The molecule has 0 radical (unpaired) electrons. The second-order valence-electron chi connectivity index (χ2n) is 6.01. The maximum atomic E-state index is 5.88. The molecule has 0 fully saturated rings. The van der Waals surface area contributed by atoms with E-state index < -0.39 is 0 Å². The monoisotopic (exact) mass is 321 g/mol. The Bertz CT molecular complexity index is 817. The number of rotatable bonds is 6. The van der Waals surface area contributed by atoms with E-state index in [0.717, 1.165) is 48.4 Å². The van der Waals surface area contributed by atoms with Gasteiger partial charge in [-0.2, -0.15) is 4.98 Å². The zero-order valence-electron chi connectivity index (χ0n) is 14.2. The normalized spacial score (nSPS) is 10.9. The van der Waals surface area contributed by atoms with Crippen molar-refractivity contribution >= 4 is 22.8 Å². The lowest BCUT2D eigenvalue weighted by Crippen LogP contribution is -2.21. The Morgan fingerprint density at radius 2 is 1.79 bits per heavy atom. The smallest absolute Gasteiger partial charge is 0.222 e. The van der Waals surface area contributed by atoms with E-state index >= 15 is 0 Å². The molecule has 0 aliphatic carbocycles. The number of nitrogens with two attached hydrogens (primary N) is 1. The number of fused-ring (bicyclic) bond motifs is 1. The molecule has 0 aliphatic heterocycles. The summed E-state index contributed by atoms with van der Waals surface area (Å²) in [5.41, 5.74) is 9.73. The van der Waals surface area contributed by atoms with Gasteiger partial charge in [0.25, 0.3) is 0 Å². The van der Waals surface area contributed by atoms with Crippen LogP contribution in [-0.4, -0.2) is 28.5 Å². The van der Waals surface area contributed by atoms with Gasteiger partial charge in [0.05, 0.1) is 5.52 Å². The highest BCUT2D eigenvalue weighted by molar-refractivity contribution is 5.86. The minimum Gasteiger partial charge on any atom is -0.368 e. The largest absolute Gasteiger partial charge is 0.368 e. The van der Waals surface area contributed by atoms with E-state index in [4.69, 9.17) is 10.7 Å². The number of benzene rings is 1. The van der Waals surface area contributed by atoms with Crippen LogP contribution < -0.4 is 10.6 Å². The number of unbranched alkanes of at least 4 members (excludes halogenated alkanes) is 1. The van der Waals surface area contributed by atoms with Gasteiger partial charge < -0.3 is 10.6 Å². The molecule has 2 heterocycles. The average Bonchev–Trinajstić information content (AvgIpc) is 2.60. The van der Waals surface area contributed by atoms with Gasteiger partial charge in [0.1, 0.15) is 5.52 Å². The lowest BCUT2D eigenvalue weighted by atomic mass is 10.1. The minimum absolute atomic E-state index is 0.290. The third kappa shape index (κ3) is 3.62. The third-order valence-corrected chi connectivity index (χ3v) is 4.04. The number of nitrogen functional groups attached to an aromatic ring is 1. The summed E-state index contributed by atoms with van der Waals surface area (Å²) < 4.78 is 0. The van der Waals surface area contributed by atoms with Gasteiger partial charge in [-0.3, -0.25) is 0 Å². The lowest BCUT2D eigenvalue weighted by molar-refractivity contribution is 0.760. The van der Waals surface area contributed by atoms with Crippen LogP contribution in [-0.2, 0) is 6.42 Å². The Morgan fingerprint density at radius 1 is 1.00 bits per heavy atom. The topological polar surface area (TPSA) is 67.9 Å². The van der Waals surface area contributed by atoms with Crippen molar-refractivity contribution in [3.63, 3.8) is 0 Å². The quantitative estimate of drug-likeness (QED) is 0.753. The molecule has 124 valence electrons. The predicted octanol–water partition coefficient (Wildman–Crippen LogP) is 3.43. The van der Waals surface area contributed by atoms with Crippen molar-refractivity contribution in [2.45, 2.75) is 26.2 Å². The van der Waals surface area contributed by atoms with Gasteiger partial charge in [-0.05, 0) is 24.1 Å². The number of pyridine rings is 1. The molecule has 0 saturated heterocycles. The van der Waals surface area contributed by atoms with Crippen molar-refractivity contribution < 1.29 is 0 Å². The first kappa shape index (κ1) is 16.2. The minimum atomic E-state index is 0.290. The summed E-state index contributed by atoms with van der Waals surface area (Å²) >= 11 is 0. The molecular weight excluding hydrogens is 298 g/mol. The van der Waals surface area contributed by atoms with Gasteiger partial charge in [0.15, 0.2) is 5.82 Å². The van der Waals surface area contributed by atoms with E-state index in [1.54, 1.807) is 0 Å². The summed E-state index contributed by atoms with van der Waals surface area (Å²) in [4.78, 5) is 15.7. The van der Waals surface area contributed by atoms with Crippen molar-refractivity contribution in [3.8, 4) is 0 Å². The summed E-state index contributed by atoms with van der Waals surface area (Å²) in [6.45, 7) is 3.10. The average molecular weight is 321 g/mol. The molecule has 2 N–H and O–H groups in total. The molecule has 0 unspecified atom stereocenters. The second-order valence-corrected chi connectivity index (χ2v) is 6.01. The number of hydrogen-bond acceptors (Lipinski definition) is 5. The molecule has 3 rings (SSSR count). The van der Waals surface area contributed by atoms with Crippen molar-refractivity contribution in [1.29, 1.82) is 0 Å². The van der Waals surface area contributed by atoms with Crippen LogP contribution in [0.15, 0.2) is 42.5 Å². The lowest BCUT2D eigenvalue weighted by Gasteiger charge is -2.19. The van der Waals surface area contributed by atoms with Crippen LogP contribution in [0, 0.1) is 0 Å². The first-order chi connectivity index (χ1) is 11.7. The van der Waals surface area contributed by atoms with Crippen LogP contribution in [0.3, 0.4) is 0 Å². The van der Waals surface area contributed by atoms with E-state index in [0.29, 0.717) is 5.95 Å². The van der Waals surface area contributed by atoms with Crippen molar-refractivity contribution in [2.75, 3.05) is 24.2 Å². The van der Waals surface area contributed by atoms with Gasteiger partial charge in [0, 0.05) is 25.7 Å². The van der Waals surface area contributed by atoms with Gasteiger partial charge in [0.2, 0.25) is 5.95 Å². The molecule has 0 atom stereocenters. The SMILES string of the molecule is CCCCN(C)c1nc(N)nc2ccc(Cc3ccccc3)nc12. The predicted molar refractivity (Wildman–Crippen MR) is 99.2 cm³/mol. The molecule has 5 heteroatoms. The van der Waals surface area contributed by atoms with E-state index in [9.17, 15) is 0 Å². The van der Waals surface area contributed by atoms with Gasteiger partial charge in [-0.25, -0.2) is 9.97 Å². The Kier molecular flexibility index (Phi) is 4.89. The summed E-state index contributed by atoms with van der Waals surface area (Å²) in [6.07, 6.45) is 3.03. The van der Waals surface area contributed by atoms with Crippen LogP contribution in [0.5, 0.6) is 0 Å². The molecule has 1 aromatic carbocycles. The van der Waals surface area contributed by atoms with Gasteiger partial charge in [-0.1, -0.05) is 43.7 Å². The van der Waals surface area contributed by atoms with Crippen LogP contribution >= 0.6 is 0 Å². The summed E-state index contributed by atoms with van der Waals surface area (Å²) in [7, 11) is 2.03. The number of aromatic nitrogens is 3. The molecule has 0 bridgehead atoms. The zero-order chi connectivity index (χ0) is 16.9. The van der Waals surface area contributed by atoms with Crippen LogP contribution in [0.1, 0.15) is 31.0 Å². The fourth-order valence-corrected chi connectivity index (χ4v) is 2.73. The van der Waals surface area contributed by atoms with E-state index in [1.807, 2.05) is 37.4 Å². The number of nitrogens with zero attached hydrogens (tertiary/aromatic N) is 4. The fourth-order valence-electron chi connectivity index (χ4n) is 2.73. The number of anilines is 2. The highest BCUT2D eigenvalue weighted by Gasteiger charge is 2.13. The van der Waals surface area contributed by atoms with Crippen molar-refractivity contribution in [3.05, 3.63) is 53.7 Å². The highest BCUT2D eigenvalue weighted by atomic mass is 15.2. The van der Waals surface area contributed by atoms with Crippen LogP contribution in [0.25, 0.3) is 11.0 Å². The molecule has 0 aliphatic rings. The molecule has 24 heavy (non-hydrogen) atoms. The Hall–Kier alpha value is -2.69. The highest BCUT2D eigenvalue weighted by Crippen LogP contribution is 2.23. The summed E-state index contributed by atoms with van der Waals surface area (Å²) in [5, 5.41) is 0. The van der Waals surface area contributed by atoms with Crippen LogP contribution in [0.2, 0.25) is 0 Å². The van der Waals surface area contributed by atoms with Gasteiger partial charge >= 0.3 is 0 Å². The molecule has 2 aromatic heterocycles. The van der Waals surface area contributed by atoms with E-state index in [1.165, 1.54) is 5.56 Å². The standard InChI is InChI=1S/C19H23N5/c1-3-4-12-24(2)18-17-16(22-19(20)23-18)11-10-15(21-17)13-14-8-6-5-7-9-14/h5-11H,3-4,12-13H2,1-2H3,(H2,20,22,23). The molecule has 5 nitrogen and oxygen atoms in total. The first-order valence-corrected chi connectivity index (χ1v) is 8.35. The maximum absolute atomic E-state index is 5.88. The van der Waals surface area contributed by atoms with Crippen LogP contribution in [0.4, 0.5) is 11.8 Å². The first-order valence-electron chi connectivity index (χ1n) is 8.35. The molecule has 0 saturated carbocycles. The molecular formula is C19H23N5. The van der Waals surface area contributed by atoms with Crippen molar-refractivity contribution in [1.82, 2.24) is 15.0 Å².